The van der Waals surface area contributed by atoms with Crippen LogP contribution in [0.4, 0.5) is 0 Å². The molecule has 0 aliphatic heterocycles. The van der Waals surface area contributed by atoms with Crippen molar-refractivity contribution in [1.82, 2.24) is 5.32 Å². The summed E-state index contributed by atoms with van der Waals surface area (Å²) in [5, 5.41) is 12.1. The molecule has 4 nitrogen and oxygen atoms in total. The summed E-state index contributed by atoms with van der Waals surface area (Å²) in [4.78, 5) is 23.0. The van der Waals surface area contributed by atoms with Gasteiger partial charge in [-0.3, -0.25) is 9.59 Å². The Morgan fingerprint density at radius 3 is 2.25 bits per heavy atom. The standard InChI is InChI=1S/C12H21NO3/c1-9(2)13-10(14)8-12(11(15)16)6-4-3-5-7-12/h9H,3-8H2,1-2H3,(H,13,14)(H,15,16). The topological polar surface area (TPSA) is 66.4 Å². The highest BCUT2D eigenvalue weighted by Gasteiger charge is 2.41. The van der Waals surface area contributed by atoms with Crippen molar-refractivity contribution in [3.63, 3.8) is 0 Å². The number of carbonyl (C=O) groups excluding carboxylic acids is 1. The molecule has 1 saturated carbocycles. The molecule has 1 rings (SSSR count). The zero-order valence-corrected chi connectivity index (χ0v) is 10.1. The van der Waals surface area contributed by atoms with Crippen molar-refractivity contribution in [2.75, 3.05) is 0 Å². The number of carbonyl (C=O) groups is 2. The smallest absolute Gasteiger partial charge is 0.310 e. The van der Waals surface area contributed by atoms with Gasteiger partial charge in [-0.2, -0.15) is 0 Å². The summed E-state index contributed by atoms with van der Waals surface area (Å²) in [7, 11) is 0. The highest BCUT2D eigenvalue weighted by Crippen LogP contribution is 2.39. The van der Waals surface area contributed by atoms with Gasteiger partial charge in [0.2, 0.25) is 5.91 Å². The van der Waals surface area contributed by atoms with Crippen LogP contribution in [0.3, 0.4) is 0 Å². The van der Waals surface area contributed by atoms with Gasteiger partial charge < -0.3 is 10.4 Å². The molecule has 0 radical (unpaired) electrons. The fourth-order valence-electron chi connectivity index (χ4n) is 2.38. The van der Waals surface area contributed by atoms with Crippen LogP contribution in [0, 0.1) is 5.41 Å². The Kier molecular flexibility index (Phi) is 4.33. The van der Waals surface area contributed by atoms with E-state index in [1.807, 2.05) is 13.8 Å². The SMILES string of the molecule is CC(C)NC(=O)CC1(C(=O)O)CCCCC1. The maximum absolute atomic E-state index is 11.7. The molecule has 2 N–H and O–H groups in total. The molecule has 0 atom stereocenters. The normalized spacial score (nSPS) is 19.4. The minimum atomic E-state index is -0.814. The summed E-state index contributed by atoms with van der Waals surface area (Å²) in [6, 6.07) is 0.0712. The molecule has 16 heavy (non-hydrogen) atoms. The van der Waals surface area contributed by atoms with Crippen molar-refractivity contribution >= 4 is 11.9 Å². The predicted molar refractivity (Wildman–Crippen MR) is 61.0 cm³/mol. The monoisotopic (exact) mass is 227 g/mol. The van der Waals surface area contributed by atoms with E-state index in [-0.39, 0.29) is 18.4 Å². The van der Waals surface area contributed by atoms with E-state index in [4.69, 9.17) is 0 Å². The summed E-state index contributed by atoms with van der Waals surface area (Å²) in [5.74, 6) is -0.953. The lowest BCUT2D eigenvalue weighted by atomic mass is 9.71. The first-order chi connectivity index (χ1) is 7.46. The van der Waals surface area contributed by atoms with Crippen LogP contribution >= 0.6 is 0 Å². The number of hydrogen-bond acceptors (Lipinski definition) is 2. The van der Waals surface area contributed by atoms with Gasteiger partial charge in [0.15, 0.2) is 0 Å². The quantitative estimate of drug-likeness (QED) is 0.771. The van der Waals surface area contributed by atoms with E-state index in [1.54, 1.807) is 0 Å². The number of nitrogens with one attached hydrogen (secondary N) is 1. The molecule has 0 heterocycles. The van der Waals surface area contributed by atoms with Crippen LogP contribution in [0.2, 0.25) is 0 Å². The lowest BCUT2D eigenvalue weighted by Gasteiger charge is -2.32. The van der Waals surface area contributed by atoms with Crippen molar-refractivity contribution in [3.05, 3.63) is 0 Å². The molecule has 4 heteroatoms. The highest BCUT2D eigenvalue weighted by atomic mass is 16.4. The molecule has 1 fully saturated rings. The summed E-state index contributed by atoms with van der Waals surface area (Å²) >= 11 is 0. The molecule has 1 amide bonds. The van der Waals surface area contributed by atoms with Crippen LogP contribution in [-0.2, 0) is 9.59 Å². The van der Waals surface area contributed by atoms with E-state index in [2.05, 4.69) is 5.32 Å². The molecular formula is C12H21NO3. The number of aliphatic carboxylic acids is 1. The van der Waals surface area contributed by atoms with Gasteiger partial charge >= 0.3 is 5.97 Å². The van der Waals surface area contributed by atoms with E-state index in [9.17, 15) is 14.7 Å². The molecule has 92 valence electrons. The highest BCUT2D eigenvalue weighted by molar-refractivity contribution is 5.85. The van der Waals surface area contributed by atoms with Gasteiger partial charge in [-0.05, 0) is 26.7 Å². The average molecular weight is 227 g/mol. The molecule has 0 bridgehead atoms. The van der Waals surface area contributed by atoms with Crippen LogP contribution < -0.4 is 5.32 Å². The van der Waals surface area contributed by atoms with Gasteiger partial charge in [0.05, 0.1) is 5.41 Å². The minimum absolute atomic E-state index is 0.0712. The second-order valence-electron chi connectivity index (χ2n) is 5.05. The van der Waals surface area contributed by atoms with Gasteiger partial charge in [0.1, 0.15) is 0 Å². The second kappa shape index (κ2) is 5.32. The molecule has 0 aromatic heterocycles. The van der Waals surface area contributed by atoms with Crippen LogP contribution in [0.25, 0.3) is 0 Å². The average Bonchev–Trinajstić information content (AvgIpc) is 2.17. The fourth-order valence-corrected chi connectivity index (χ4v) is 2.38. The van der Waals surface area contributed by atoms with Gasteiger partial charge in [0, 0.05) is 12.5 Å². The lowest BCUT2D eigenvalue weighted by molar-refractivity contribution is -0.154. The van der Waals surface area contributed by atoms with E-state index < -0.39 is 11.4 Å². The molecular weight excluding hydrogens is 206 g/mol. The Morgan fingerprint density at radius 1 is 1.25 bits per heavy atom. The first-order valence-electron chi connectivity index (χ1n) is 5.99. The largest absolute Gasteiger partial charge is 0.481 e. The van der Waals surface area contributed by atoms with Crippen LogP contribution in [0.15, 0.2) is 0 Å². The lowest BCUT2D eigenvalue weighted by Crippen LogP contribution is -2.40. The third-order valence-corrected chi connectivity index (χ3v) is 3.21. The molecule has 0 unspecified atom stereocenters. The van der Waals surface area contributed by atoms with Gasteiger partial charge in [-0.25, -0.2) is 0 Å². The van der Waals surface area contributed by atoms with Gasteiger partial charge in [0.25, 0.3) is 0 Å². The number of amides is 1. The van der Waals surface area contributed by atoms with Crippen molar-refractivity contribution in [2.24, 2.45) is 5.41 Å². The number of carboxylic acid groups (broad SMARTS) is 1. The maximum atomic E-state index is 11.7. The van der Waals surface area contributed by atoms with Crippen molar-refractivity contribution < 1.29 is 14.7 Å². The fraction of sp³-hybridized carbons (Fsp3) is 0.833. The molecule has 0 aromatic rings. The molecule has 1 aliphatic rings. The molecule has 1 aliphatic carbocycles. The minimum Gasteiger partial charge on any atom is -0.481 e. The third kappa shape index (κ3) is 3.22. The molecule has 0 aromatic carbocycles. The number of rotatable bonds is 4. The van der Waals surface area contributed by atoms with Gasteiger partial charge in [-0.15, -0.1) is 0 Å². The van der Waals surface area contributed by atoms with E-state index in [1.165, 1.54) is 0 Å². The summed E-state index contributed by atoms with van der Waals surface area (Å²) in [5.41, 5.74) is -0.808. The number of carboxylic acids is 1. The molecule has 0 spiro atoms. The Labute approximate surface area is 96.4 Å². The second-order valence-corrected chi connectivity index (χ2v) is 5.05. The van der Waals surface area contributed by atoms with E-state index in [0.29, 0.717) is 12.8 Å². The van der Waals surface area contributed by atoms with Crippen molar-refractivity contribution in [1.29, 1.82) is 0 Å². The summed E-state index contributed by atoms with van der Waals surface area (Å²) in [6.45, 7) is 3.76. The van der Waals surface area contributed by atoms with Crippen molar-refractivity contribution in [2.45, 2.75) is 58.4 Å². The molecule has 0 saturated heterocycles. The predicted octanol–water partition coefficient (Wildman–Crippen LogP) is 1.94. The van der Waals surface area contributed by atoms with Gasteiger partial charge in [-0.1, -0.05) is 19.3 Å². The first-order valence-corrected chi connectivity index (χ1v) is 5.99. The number of hydrogen-bond donors (Lipinski definition) is 2. The Morgan fingerprint density at radius 2 is 1.81 bits per heavy atom. The third-order valence-electron chi connectivity index (χ3n) is 3.21. The van der Waals surface area contributed by atoms with E-state index in [0.717, 1.165) is 19.3 Å². The zero-order valence-electron chi connectivity index (χ0n) is 10.1. The summed E-state index contributed by atoms with van der Waals surface area (Å²) < 4.78 is 0. The van der Waals surface area contributed by atoms with Crippen LogP contribution in [0.5, 0.6) is 0 Å². The maximum Gasteiger partial charge on any atom is 0.310 e. The summed E-state index contributed by atoms with van der Waals surface area (Å²) in [6.07, 6.45) is 4.31. The van der Waals surface area contributed by atoms with Crippen molar-refractivity contribution in [3.8, 4) is 0 Å². The Bertz CT molecular complexity index is 267. The zero-order chi connectivity index (χ0) is 12.2. The van der Waals surface area contributed by atoms with Crippen LogP contribution in [0.1, 0.15) is 52.4 Å². The van der Waals surface area contributed by atoms with Crippen LogP contribution in [-0.4, -0.2) is 23.0 Å². The van der Waals surface area contributed by atoms with E-state index >= 15 is 0 Å². The Hall–Kier alpha value is -1.06. The first kappa shape index (κ1) is 13.0. The Balaban J connectivity index is 2.64.